The molecular weight excluding hydrogens is 352 g/mol. The van der Waals surface area contributed by atoms with Gasteiger partial charge in [0.2, 0.25) is 5.91 Å². The smallest absolute Gasteiger partial charge is 0.332 e. The van der Waals surface area contributed by atoms with Gasteiger partial charge in [0.1, 0.15) is 17.6 Å². The van der Waals surface area contributed by atoms with E-state index in [0.717, 1.165) is 4.57 Å². The van der Waals surface area contributed by atoms with E-state index in [1.165, 1.54) is 18.7 Å². The second kappa shape index (κ2) is 7.11. The maximum atomic E-state index is 12.4. The Morgan fingerprint density at radius 2 is 1.96 bits per heavy atom. The lowest BCUT2D eigenvalue weighted by atomic mass is 9.95. The summed E-state index contributed by atoms with van der Waals surface area (Å²) in [7, 11) is 2.88. The number of rotatable bonds is 3. The first-order valence-electron chi connectivity index (χ1n) is 8.52. The molecule has 3 heterocycles. The standard InChI is InChI=1S/C17H20N6O4/c1-10-8-13(20-27-10)19-14(24)11-4-6-23(7-5-11)15-12(9-18)16(25)22(3)17(26)21(15)2/h8,11H,4-7H2,1-3H3,(H,19,20,24). The van der Waals surface area contributed by atoms with Gasteiger partial charge in [0, 0.05) is 39.2 Å². The van der Waals surface area contributed by atoms with E-state index in [1.54, 1.807) is 13.0 Å². The number of nitrogens with one attached hydrogen (secondary N) is 1. The van der Waals surface area contributed by atoms with Crippen LogP contribution >= 0.6 is 0 Å². The highest BCUT2D eigenvalue weighted by molar-refractivity contribution is 5.91. The molecule has 0 bridgehead atoms. The highest BCUT2D eigenvalue weighted by Gasteiger charge is 2.29. The summed E-state index contributed by atoms with van der Waals surface area (Å²) in [5.41, 5.74) is -1.17. The fourth-order valence-corrected chi connectivity index (χ4v) is 3.31. The summed E-state index contributed by atoms with van der Waals surface area (Å²) in [5.74, 6) is 0.904. The number of hydrogen-bond acceptors (Lipinski definition) is 7. The van der Waals surface area contributed by atoms with E-state index < -0.39 is 11.2 Å². The number of nitriles is 1. The quantitative estimate of drug-likeness (QED) is 0.810. The minimum absolute atomic E-state index is 0.0689. The van der Waals surface area contributed by atoms with Crippen molar-refractivity contribution < 1.29 is 9.32 Å². The maximum absolute atomic E-state index is 12.4. The van der Waals surface area contributed by atoms with E-state index in [9.17, 15) is 19.6 Å². The van der Waals surface area contributed by atoms with Crippen LogP contribution < -0.4 is 21.5 Å². The topological polar surface area (TPSA) is 126 Å². The molecule has 0 atom stereocenters. The van der Waals surface area contributed by atoms with E-state index in [-0.39, 0.29) is 17.4 Å². The van der Waals surface area contributed by atoms with Crippen LogP contribution in [0.15, 0.2) is 20.2 Å². The minimum Gasteiger partial charge on any atom is -0.360 e. The average molecular weight is 372 g/mol. The molecule has 27 heavy (non-hydrogen) atoms. The number of amides is 1. The van der Waals surface area contributed by atoms with Crippen LogP contribution in [0.2, 0.25) is 0 Å². The zero-order chi connectivity index (χ0) is 19.7. The van der Waals surface area contributed by atoms with Crippen LogP contribution in [-0.4, -0.2) is 33.3 Å². The number of nitrogens with zero attached hydrogens (tertiary/aromatic N) is 5. The Labute approximate surface area is 154 Å². The van der Waals surface area contributed by atoms with Gasteiger partial charge >= 0.3 is 5.69 Å². The molecule has 0 unspecified atom stereocenters. The molecule has 0 spiro atoms. The number of carbonyl (C=O) groups excluding carboxylic acids is 1. The van der Waals surface area contributed by atoms with E-state index >= 15 is 0 Å². The fraction of sp³-hybridized carbons (Fsp3) is 0.471. The van der Waals surface area contributed by atoms with Gasteiger partial charge in [-0.05, 0) is 19.8 Å². The first-order valence-corrected chi connectivity index (χ1v) is 8.52. The van der Waals surface area contributed by atoms with Crippen molar-refractivity contribution in [2.75, 3.05) is 23.3 Å². The molecule has 0 radical (unpaired) electrons. The second-order valence-corrected chi connectivity index (χ2v) is 6.59. The normalized spacial score (nSPS) is 14.8. The summed E-state index contributed by atoms with van der Waals surface area (Å²) in [6.07, 6.45) is 1.05. The van der Waals surface area contributed by atoms with Crippen LogP contribution in [0.1, 0.15) is 24.2 Å². The third-order valence-corrected chi connectivity index (χ3v) is 4.79. The average Bonchev–Trinajstić information content (AvgIpc) is 3.07. The van der Waals surface area contributed by atoms with Gasteiger partial charge in [0.05, 0.1) is 0 Å². The highest BCUT2D eigenvalue weighted by atomic mass is 16.5. The number of aryl methyl sites for hydroxylation is 1. The molecule has 2 aromatic heterocycles. The fourth-order valence-electron chi connectivity index (χ4n) is 3.31. The SMILES string of the molecule is Cc1cc(NC(=O)C2CCN(c3c(C#N)c(=O)n(C)c(=O)n3C)CC2)no1. The number of piperidine rings is 1. The molecular formula is C17H20N6O4. The number of aromatic nitrogens is 3. The molecule has 0 aromatic carbocycles. The molecule has 1 fully saturated rings. The van der Waals surface area contributed by atoms with Crippen LogP contribution in [0, 0.1) is 24.2 Å². The molecule has 2 aromatic rings. The Hall–Kier alpha value is -3.35. The lowest BCUT2D eigenvalue weighted by Gasteiger charge is -2.34. The zero-order valence-corrected chi connectivity index (χ0v) is 15.4. The van der Waals surface area contributed by atoms with Crippen molar-refractivity contribution in [3.63, 3.8) is 0 Å². The lowest BCUT2D eigenvalue weighted by Crippen LogP contribution is -2.45. The molecule has 10 nitrogen and oxygen atoms in total. The van der Waals surface area contributed by atoms with E-state index in [4.69, 9.17) is 4.52 Å². The molecule has 0 saturated carbocycles. The Morgan fingerprint density at radius 1 is 1.30 bits per heavy atom. The molecule has 0 aliphatic carbocycles. The van der Waals surface area contributed by atoms with Crippen molar-refractivity contribution in [3.05, 3.63) is 38.2 Å². The van der Waals surface area contributed by atoms with Crippen LogP contribution in [-0.2, 0) is 18.9 Å². The Kier molecular flexibility index (Phi) is 4.85. The summed E-state index contributed by atoms with van der Waals surface area (Å²) in [4.78, 5) is 38.6. The second-order valence-electron chi connectivity index (χ2n) is 6.59. The van der Waals surface area contributed by atoms with Crippen LogP contribution in [0.4, 0.5) is 11.6 Å². The maximum Gasteiger partial charge on any atom is 0.332 e. The summed E-state index contributed by atoms with van der Waals surface area (Å²) >= 11 is 0. The lowest BCUT2D eigenvalue weighted by molar-refractivity contribution is -0.120. The van der Waals surface area contributed by atoms with Crippen molar-refractivity contribution in [1.29, 1.82) is 5.26 Å². The van der Waals surface area contributed by atoms with Gasteiger partial charge in [-0.25, -0.2) is 4.79 Å². The first kappa shape index (κ1) is 18.4. The largest absolute Gasteiger partial charge is 0.360 e. The van der Waals surface area contributed by atoms with E-state index in [1.807, 2.05) is 11.0 Å². The summed E-state index contributed by atoms with van der Waals surface area (Å²) in [6.45, 7) is 2.64. The molecule has 3 rings (SSSR count). The van der Waals surface area contributed by atoms with Gasteiger partial charge in [-0.1, -0.05) is 5.16 Å². The van der Waals surface area contributed by atoms with Crippen LogP contribution in [0.3, 0.4) is 0 Å². The van der Waals surface area contributed by atoms with Gasteiger partial charge in [-0.3, -0.25) is 18.7 Å². The van der Waals surface area contributed by atoms with Gasteiger partial charge in [-0.2, -0.15) is 5.26 Å². The Morgan fingerprint density at radius 3 is 2.52 bits per heavy atom. The zero-order valence-electron chi connectivity index (χ0n) is 15.4. The van der Waals surface area contributed by atoms with Crippen molar-refractivity contribution >= 4 is 17.5 Å². The summed E-state index contributed by atoms with van der Waals surface area (Å²) < 4.78 is 7.15. The monoisotopic (exact) mass is 372 g/mol. The van der Waals surface area contributed by atoms with Crippen LogP contribution in [0.5, 0.6) is 0 Å². The van der Waals surface area contributed by atoms with Gasteiger partial charge in [0.25, 0.3) is 5.56 Å². The van der Waals surface area contributed by atoms with E-state index in [2.05, 4.69) is 10.5 Å². The predicted molar refractivity (Wildman–Crippen MR) is 96.4 cm³/mol. The molecule has 1 aliphatic heterocycles. The van der Waals surface area contributed by atoms with Crippen molar-refractivity contribution in [2.45, 2.75) is 19.8 Å². The highest BCUT2D eigenvalue weighted by Crippen LogP contribution is 2.24. The van der Waals surface area contributed by atoms with E-state index in [0.29, 0.717) is 43.3 Å². The third-order valence-electron chi connectivity index (χ3n) is 4.79. The molecule has 1 amide bonds. The third kappa shape index (κ3) is 3.36. The molecule has 1 aliphatic rings. The first-order chi connectivity index (χ1) is 12.8. The van der Waals surface area contributed by atoms with Gasteiger partial charge in [-0.15, -0.1) is 0 Å². The predicted octanol–water partition coefficient (Wildman–Crippen LogP) is 0.107. The number of hydrogen-bond donors (Lipinski definition) is 1. The van der Waals surface area contributed by atoms with Crippen molar-refractivity contribution in [2.24, 2.45) is 20.0 Å². The van der Waals surface area contributed by atoms with Gasteiger partial charge in [0.15, 0.2) is 11.4 Å². The molecule has 1 saturated heterocycles. The summed E-state index contributed by atoms with van der Waals surface area (Å²) in [5, 5.41) is 15.9. The van der Waals surface area contributed by atoms with Gasteiger partial charge < -0.3 is 14.7 Å². The molecule has 142 valence electrons. The van der Waals surface area contributed by atoms with Crippen LogP contribution in [0.25, 0.3) is 0 Å². The Balaban J connectivity index is 1.77. The number of anilines is 2. The Bertz CT molecular complexity index is 1030. The molecule has 10 heteroatoms. The minimum atomic E-state index is -0.614. The van der Waals surface area contributed by atoms with Crippen molar-refractivity contribution in [1.82, 2.24) is 14.3 Å². The van der Waals surface area contributed by atoms with Crippen molar-refractivity contribution in [3.8, 4) is 6.07 Å². The molecule has 1 N–H and O–H groups in total. The number of carbonyl (C=O) groups is 1. The summed E-state index contributed by atoms with van der Waals surface area (Å²) in [6, 6.07) is 3.55.